The van der Waals surface area contributed by atoms with Crippen molar-refractivity contribution in [1.82, 2.24) is 19.7 Å². The number of nitrogens with zero attached hydrogens (tertiary/aromatic N) is 4. The Hall–Kier alpha value is -1.70. The summed E-state index contributed by atoms with van der Waals surface area (Å²) in [6.45, 7) is 4.83. The minimum atomic E-state index is -2.99. The Balaban J connectivity index is 2.05. The summed E-state index contributed by atoms with van der Waals surface area (Å²) in [6, 6.07) is 0. The van der Waals surface area contributed by atoms with E-state index in [2.05, 4.69) is 27.3 Å². The summed E-state index contributed by atoms with van der Waals surface area (Å²) in [5, 5.41) is 8.47. The number of anilines is 1. The van der Waals surface area contributed by atoms with Gasteiger partial charge >= 0.3 is 0 Å². The molecule has 114 valence electrons. The molecule has 0 radical (unpaired) electrons. The summed E-state index contributed by atoms with van der Waals surface area (Å²) in [5.41, 5.74) is 0.153. The third kappa shape index (κ3) is 2.48. The minimum Gasteiger partial charge on any atom is -0.369 e. The zero-order chi connectivity index (χ0) is 15.1. The van der Waals surface area contributed by atoms with Crippen molar-refractivity contribution < 1.29 is 8.42 Å². The van der Waals surface area contributed by atoms with Crippen molar-refractivity contribution in [2.45, 2.75) is 32.2 Å². The van der Waals surface area contributed by atoms with Gasteiger partial charge in [-0.15, -0.1) is 0 Å². The summed E-state index contributed by atoms with van der Waals surface area (Å²) in [4.78, 5) is 8.54. The molecule has 0 saturated carbocycles. The summed E-state index contributed by atoms with van der Waals surface area (Å²) in [5.74, 6) is 1.06. The maximum Gasteiger partial charge on any atom is 0.163 e. The van der Waals surface area contributed by atoms with E-state index in [0.29, 0.717) is 12.1 Å². The third-order valence-corrected chi connectivity index (χ3v) is 5.79. The van der Waals surface area contributed by atoms with Gasteiger partial charge in [0.05, 0.1) is 28.6 Å². The first kappa shape index (κ1) is 14.2. The molecule has 0 spiro atoms. The fourth-order valence-electron chi connectivity index (χ4n) is 2.78. The highest BCUT2D eigenvalue weighted by Crippen LogP contribution is 2.33. The fraction of sp³-hybridized carbons (Fsp3) is 0.615. The molecule has 1 aliphatic rings. The minimum absolute atomic E-state index is 0.110. The van der Waals surface area contributed by atoms with E-state index in [1.807, 2.05) is 6.92 Å². The Labute approximate surface area is 123 Å². The van der Waals surface area contributed by atoms with E-state index < -0.39 is 15.4 Å². The van der Waals surface area contributed by atoms with E-state index in [9.17, 15) is 8.42 Å². The van der Waals surface area contributed by atoms with Crippen LogP contribution in [0.25, 0.3) is 11.0 Å². The number of nitrogens with one attached hydrogen (secondary N) is 1. The molecule has 3 rings (SSSR count). The van der Waals surface area contributed by atoms with Gasteiger partial charge in [-0.25, -0.2) is 23.1 Å². The highest BCUT2D eigenvalue weighted by atomic mass is 32.2. The Morgan fingerprint density at radius 1 is 1.43 bits per heavy atom. The van der Waals surface area contributed by atoms with Crippen LogP contribution >= 0.6 is 0 Å². The zero-order valence-electron chi connectivity index (χ0n) is 12.2. The van der Waals surface area contributed by atoms with Gasteiger partial charge in [-0.2, -0.15) is 5.10 Å². The quantitative estimate of drug-likeness (QED) is 0.912. The van der Waals surface area contributed by atoms with Gasteiger partial charge in [-0.1, -0.05) is 6.92 Å². The van der Waals surface area contributed by atoms with Gasteiger partial charge in [0, 0.05) is 6.54 Å². The molecule has 7 nitrogen and oxygen atoms in total. The molecule has 1 fully saturated rings. The van der Waals surface area contributed by atoms with Crippen LogP contribution in [0, 0.1) is 0 Å². The van der Waals surface area contributed by atoms with Crippen LogP contribution in [-0.4, -0.2) is 46.2 Å². The predicted molar refractivity (Wildman–Crippen MR) is 81.0 cm³/mol. The zero-order valence-corrected chi connectivity index (χ0v) is 13.0. The molecule has 0 aromatic carbocycles. The Morgan fingerprint density at radius 2 is 2.24 bits per heavy atom. The van der Waals surface area contributed by atoms with Crippen molar-refractivity contribution in [3.63, 3.8) is 0 Å². The number of rotatable bonds is 4. The van der Waals surface area contributed by atoms with Crippen molar-refractivity contribution in [3.05, 3.63) is 12.5 Å². The summed E-state index contributed by atoms with van der Waals surface area (Å²) in [6.07, 6.45) is 4.76. The molecule has 2 aromatic rings. The molecule has 1 aliphatic heterocycles. The highest BCUT2D eigenvalue weighted by molar-refractivity contribution is 7.91. The number of sulfone groups is 1. The average Bonchev–Trinajstić information content (AvgIpc) is 2.98. The Kier molecular flexibility index (Phi) is 3.35. The lowest BCUT2D eigenvalue weighted by Crippen LogP contribution is -2.32. The number of fused-ring (bicyclic) bond motifs is 1. The van der Waals surface area contributed by atoms with Crippen LogP contribution in [0.3, 0.4) is 0 Å². The lowest BCUT2D eigenvalue weighted by atomic mass is 10.0. The molecular formula is C13H19N5O2S. The first-order chi connectivity index (χ1) is 9.95. The molecule has 1 unspecified atom stereocenters. The van der Waals surface area contributed by atoms with E-state index in [-0.39, 0.29) is 11.5 Å². The van der Waals surface area contributed by atoms with Crippen LogP contribution in [-0.2, 0) is 15.4 Å². The van der Waals surface area contributed by atoms with Crippen molar-refractivity contribution in [2.75, 3.05) is 23.4 Å². The largest absolute Gasteiger partial charge is 0.369 e. The van der Waals surface area contributed by atoms with Crippen molar-refractivity contribution in [1.29, 1.82) is 0 Å². The molecule has 1 N–H and O–H groups in total. The third-order valence-electron chi connectivity index (χ3n) is 3.90. The molecule has 8 heteroatoms. The lowest BCUT2D eigenvalue weighted by molar-refractivity contribution is 0.338. The fourth-order valence-corrected chi connectivity index (χ4v) is 4.89. The van der Waals surface area contributed by atoms with Crippen molar-refractivity contribution in [2.24, 2.45) is 0 Å². The van der Waals surface area contributed by atoms with E-state index in [1.165, 1.54) is 6.33 Å². The number of hydrogen-bond donors (Lipinski definition) is 1. The van der Waals surface area contributed by atoms with Crippen LogP contribution in [0.2, 0.25) is 0 Å². The second kappa shape index (κ2) is 4.94. The van der Waals surface area contributed by atoms with Crippen molar-refractivity contribution in [3.8, 4) is 0 Å². The van der Waals surface area contributed by atoms with Crippen LogP contribution in [0.4, 0.5) is 5.82 Å². The molecular weight excluding hydrogens is 290 g/mol. The number of aromatic nitrogens is 4. The van der Waals surface area contributed by atoms with Gasteiger partial charge in [0.2, 0.25) is 0 Å². The van der Waals surface area contributed by atoms with E-state index in [0.717, 1.165) is 24.2 Å². The standard InChI is InChI=1S/C13H19N5O2S/c1-3-5-14-11-10-7-17-18(12(10)16-9-15-11)13(2)4-6-21(19,20)8-13/h7,9H,3-6,8H2,1-2H3,(H,14,15,16). The SMILES string of the molecule is CCCNc1ncnc2c1cnn2C1(C)CCS(=O)(=O)C1. The van der Waals surface area contributed by atoms with Gasteiger partial charge in [0.1, 0.15) is 12.1 Å². The molecule has 1 atom stereocenters. The summed E-state index contributed by atoms with van der Waals surface area (Å²) >= 11 is 0. The molecule has 2 aromatic heterocycles. The first-order valence-electron chi connectivity index (χ1n) is 7.09. The maximum atomic E-state index is 11.8. The second-order valence-electron chi connectivity index (χ2n) is 5.78. The summed E-state index contributed by atoms with van der Waals surface area (Å²) < 4.78 is 25.3. The first-order valence-corrected chi connectivity index (χ1v) is 8.91. The van der Waals surface area contributed by atoms with Gasteiger partial charge < -0.3 is 5.32 Å². The van der Waals surface area contributed by atoms with E-state index in [4.69, 9.17) is 0 Å². The monoisotopic (exact) mass is 309 g/mol. The molecule has 0 amide bonds. The molecule has 1 saturated heterocycles. The maximum absolute atomic E-state index is 11.8. The van der Waals surface area contributed by atoms with E-state index in [1.54, 1.807) is 10.9 Å². The van der Waals surface area contributed by atoms with Gasteiger partial charge in [0.15, 0.2) is 15.5 Å². The Bertz CT molecular complexity index is 770. The highest BCUT2D eigenvalue weighted by Gasteiger charge is 2.41. The van der Waals surface area contributed by atoms with Crippen molar-refractivity contribution >= 4 is 26.7 Å². The van der Waals surface area contributed by atoms with Crippen LogP contribution in [0.1, 0.15) is 26.7 Å². The summed E-state index contributed by atoms with van der Waals surface area (Å²) in [7, 11) is -2.99. The molecule has 3 heterocycles. The normalized spacial score (nSPS) is 24.5. The second-order valence-corrected chi connectivity index (χ2v) is 7.97. The van der Waals surface area contributed by atoms with Gasteiger partial charge in [-0.3, -0.25) is 0 Å². The van der Waals surface area contributed by atoms with Crippen LogP contribution in [0.15, 0.2) is 12.5 Å². The topological polar surface area (TPSA) is 89.8 Å². The van der Waals surface area contributed by atoms with Gasteiger partial charge in [-0.05, 0) is 19.8 Å². The van der Waals surface area contributed by atoms with Crippen LogP contribution in [0.5, 0.6) is 0 Å². The lowest BCUT2D eigenvalue weighted by Gasteiger charge is -2.23. The van der Waals surface area contributed by atoms with Crippen LogP contribution < -0.4 is 5.32 Å². The smallest absolute Gasteiger partial charge is 0.163 e. The molecule has 0 bridgehead atoms. The number of hydrogen-bond acceptors (Lipinski definition) is 6. The van der Waals surface area contributed by atoms with Gasteiger partial charge in [0.25, 0.3) is 0 Å². The Morgan fingerprint density at radius 3 is 2.90 bits per heavy atom. The average molecular weight is 309 g/mol. The molecule has 0 aliphatic carbocycles. The predicted octanol–water partition coefficient (Wildman–Crippen LogP) is 1.18. The molecule has 21 heavy (non-hydrogen) atoms. The van der Waals surface area contributed by atoms with E-state index >= 15 is 0 Å².